The van der Waals surface area contributed by atoms with Gasteiger partial charge in [0, 0.05) is 35.9 Å². The molecule has 0 unspecified atom stereocenters. The van der Waals surface area contributed by atoms with E-state index in [1.165, 1.54) is 0 Å². The van der Waals surface area contributed by atoms with E-state index in [2.05, 4.69) is 21.8 Å². The fourth-order valence-electron chi connectivity index (χ4n) is 1.06. The molecule has 0 saturated carbocycles. The molecule has 0 radical (unpaired) electrons. The van der Waals surface area contributed by atoms with Crippen molar-refractivity contribution >= 4 is 11.6 Å². The third-order valence-corrected chi connectivity index (χ3v) is 1.92. The molecule has 72 valence electrons. The predicted octanol–water partition coefficient (Wildman–Crippen LogP) is 2.53. The van der Waals surface area contributed by atoms with Crippen molar-refractivity contribution in [3.05, 3.63) is 59.1 Å². The first kappa shape index (κ1) is 9.70. The van der Waals surface area contributed by atoms with Gasteiger partial charge < -0.3 is 0 Å². The average Bonchev–Trinajstić information content (AvgIpc) is 2.28. The van der Waals surface area contributed by atoms with Crippen molar-refractivity contribution in [3.63, 3.8) is 0 Å². The Morgan fingerprint density at radius 3 is 2.53 bits per heavy atom. The molecule has 0 aliphatic heterocycles. The lowest BCUT2D eigenvalue weighted by molar-refractivity contribution is 1.31. The summed E-state index contributed by atoms with van der Waals surface area (Å²) in [6.07, 6.45) is 6.68. The summed E-state index contributed by atoms with van der Waals surface area (Å²) < 4.78 is 0. The van der Waals surface area contributed by atoms with Crippen LogP contribution in [0.15, 0.2) is 43.0 Å². The van der Waals surface area contributed by atoms with Crippen LogP contribution in [0.3, 0.4) is 0 Å². The topological polar surface area (TPSA) is 25.8 Å². The molecule has 0 amide bonds. The molecule has 0 spiro atoms. The Kier molecular flexibility index (Phi) is 2.96. The highest BCUT2D eigenvalue weighted by Crippen LogP contribution is 2.07. The van der Waals surface area contributed by atoms with E-state index in [9.17, 15) is 0 Å². The lowest BCUT2D eigenvalue weighted by atomic mass is 10.2. The summed E-state index contributed by atoms with van der Waals surface area (Å²) in [4.78, 5) is 7.92. The van der Waals surface area contributed by atoms with Crippen LogP contribution in [0.4, 0.5) is 0 Å². The fourth-order valence-corrected chi connectivity index (χ4v) is 1.24. The average molecular weight is 215 g/mol. The van der Waals surface area contributed by atoms with E-state index in [0.717, 1.165) is 11.1 Å². The quantitative estimate of drug-likeness (QED) is 0.630. The number of halogens is 1. The molecular formula is C12H7ClN2. The first-order valence-corrected chi connectivity index (χ1v) is 4.75. The number of pyridine rings is 2. The van der Waals surface area contributed by atoms with Gasteiger partial charge in [0.25, 0.3) is 0 Å². The maximum atomic E-state index is 5.78. The summed E-state index contributed by atoms with van der Waals surface area (Å²) in [6, 6.07) is 5.52. The Morgan fingerprint density at radius 2 is 1.80 bits per heavy atom. The Morgan fingerprint density at radius 1 is 1.00 bits per heavy atom. The Balaban J connectivity index is 2.26. The minimum Gasteiger partial charge on any atom is -0.263 e. The summed E-state index contributed by atoms with van der Waals surface area (Å²) in [7, 11) is 0. The minimum absolute atomic E-state index is 0.591. The molecule has 2 aromatic heterocycles. The first-order valence-electron chi connectivity index (χ1n) is 4.37. The van der Waals surface area contributed by atoms with Gasteiger partial charge in [0.1, 0.15) is 0 Å². The zero-order chi connectivity index (χ0) is 10.5. The van der Waals surface area contributed by atoms with Crippen LogP contribution >= 0.6 is 11.6 Å². The van der Waals surface area contributed by atoms with E-state index in [0.29, 0.717) is 5.02 Å². The van der Waals surface area contributed by atoms with Gasteiger partial charge in [0.2, 0.25) is 0 Å². The molecule has 0 fully saturated rings. The van der Waals surface area contributed by atoms with E-state index in [1.54, 1.807) is 30.9 Å². The fraction of sp³-hybridized carbons (Fsp3) is 0. The number of nitrogens with zero attached hydrogens (tertiary/aromatic N) is 2. The highest BCUT2D eigenvalue weighted by atomic mass is 35.5. The molecule has 2 heterocycles. The zero-order valence-electron chi connectivity index (χ0n) is 7.81. The maximum Gasteiger partial charge on any atom is 0.0601 e. The van der Waals surface area contributed by atoms with Gasteiger partial charge in [-0.3, -0.25) is 9.97 Å². The van der Waals surface area contributed by atoms with Crippen LogP contribution in [-0.4, -0.2) is 9.97 Å². The Hall–Kier alpha value is -1.85. The molecule has 15 heavy (non-hydrogen) atoms. The van der Waals surface area contributed by atoms with Gasteiger partial charge in [-0.2, -0.15) is 0 Å². The summed E-state index contributed by atoms with van der Waals surface area (Å²) >= 11 is 5.78. The standard InChI is InChI=1S/C12H7ClN2/c13-12-6-11(8-15-9-12)4-3-10-2-1-5-14-7-10/h1-2,5-9H. The molecule has 0 N–H and O–H groups in total. The monoisotopic (exact) mass is 214 g/mol. The van der Waals surface area contributed by atoms with Crippen LogP contribution in [0.25, 0.3) is 0 Å². The SMILES string of the molecule is Clc1cncc(C#Cc2cccnc2)c1. The van der Waals surface area contributed by atoms with Crippen LogP contribution in [0.5, 0.6) is 0 Å². The zero-order valence-corrected chi connectivity index (χ0v) is 8.57. The van der Waals surface area contributed by atoms with Gasteiger partial charge in [-0.05, 0) is 18.2 Å². The second kappa shape index (κ2) is 4.59. The maximum absolute atomic E-state index is 5.78. The molecular weight excluding hydrogens is 208 g/mol. The highest BCUT2D eigenvalue weighted by Gasteiger charge is 1.89. The van der Waals surface area contributed by atoms with Crippen LogP contribution in [0.2, 0.25) is 5.02 Å². The number of rotatable bonds is 0. The van der Waals surface area contributed by atoms with Gasteiger partial charge >= 0.3 is 0 Å². The third kappa shape index (κ3) is 2.80. The van der Waals surface area contributed by atoms with Crippen LogP contribution in [-0.2, 0) is 0 Å². The molecule has 2 nitrogen and oxygen atoms in total. The van der Waals surface area contributed by atoms with Crippen molar-refractivity contribution in [3.8, 4) is 11.8 Å². The van der Waals surface area contributed by atoms with Crippen molar-refractivity contribution in [2.75, 3.05) is 0 Å². The van der Waals surface area contributed by atoms with Gasteiger partial charge in [-0.1, -0.05) is 23.4 Å². The number of aromatic nitrogens is 2. The van der Waals surface area contributed by atoms with Crippen LogP contribution in [0, 0.1) is 11.8 Å². The van der Waals surface area contributed by atoms with Crippen molar-refractivity contribution < 1.29 is 0 Å². The second-order valence-electron chi connectivity index (χ2n) is 2.88. The van der Waals surface area contributed by atoms with E-state index in [4.69, 9.17) is 11.6 Å². The van der Waals surface area contributed by atoms with Gasteiger partial charge in [-0.15, -0.1) is 0 Å². The van der Waals surface area contributed by atoms with Crippen molar-refractivity contribution in [2.45, 2.75) is 0 Å². The highest BCUT2D eigenvalue weighted by molar-refractivity contribution is 6.30. The van der Waals surface area contributed by atoms with Crippen molar-refractivity contribution in [1.29, 1.82) is 0 Å². The van der Waals surface area contributed by atoms with Crippen LogP contribution in [0.1, 0.15) is 11.1 Å². The predicted molar refractivity (Wildman–Crippen MR) is 59.5 cm³/mol. The second-order valence-corrected chi connectivity index (χ2v) is 3.32. The molecule has 2 aromatic rings. The molecule has 0 aromatic carbocycles. The largest absolute Gasteiger partial charge is 0.263 e. The summed E-state index contributed by atoms with van der Waals surface area (Å²) in [5, 5.41) is 0.591. The molecule has 0 bridgehead atoms. The summed E-state index contributed by atoms with van der Waals surface area (Å²) in [6.45, 7) is 0. The normalized spacial score (nSPS) is 9.13. The van der Waals surface area contributed by atoms with E-state index in [-0.39, 0.29) is 0 Å². The summed E-state index contributed by atoms with van der Waals surface area (Å²) in [5.41, 5.74) is 1.67. The van der Waals surface area contributed by atoms with Crippen molar-refractivity contribution in [2.24, 2.45) is 0 Å². The molecule has 2 rings (SSSR count). The lowest BCUT2D eigenvalue weighted by Crippen LogP contribution is -1.79. The van der Waals surface area contributed by atoms with E-state index < -0.39 is 0 Å². The van der Waals surface area contributed by atoms with E-state index >= 15 is 0 Å². The van der Waals surface area contributed by atoms with Crippen LogP contribution < -0.4 is 0 Å². The summed E-state index contributed by atoms with van der Waals surface area (Å²) in [5.74, 6) is 5.94. The smallest absolute Gasteiger partial charge is 0.0601 e. The molecule has 0 atom stereocenters. The van der Waals surface area contributed by atoms with Gasteiger partial charge in [0.05, 0.1) is 5.02 Å². The van der Waals surface area contributed by atoms with E-state index in [1.807, 2.05) is 12.1 Å². The number of hydrogen-bond acceptors (Lipinski definition) is 2. The van der Waals surface area contributed by atoms with Gasteiger partial charge in [-0.25, -0.2) is 0 Å². The Labute approximate surface area is 93.0 Å². The minimum atomic E-state index is 0.591. The molecule has 0 aliphatic rings. The first-order chi connectivity index (χ1) is 7.34. The molecule has 0 saturated heterocycles. The third-order valence-electron chi connectivity index (χ3n) is 1.72. The molecule has 3 heteroatoms. The van der Waals surface area contributed by atoms with Crippen molar-refractivity contribution in [1.82, 2.24) is 9.97 Å². The van der Waals surface area contributed by atoms with Gasteiger partial charge in [0.15, 0.2) is 0 Å². The molecule has 0 aliphatic carbocycles. The Bertz CT molecular complexity index is 512. The number of hydrogen-bond donors (Lipinski definition) is 0. The lowest BCUT2D eigenvalue weighted by Gasteiger charge is -1.90.